The number of nitrogens with zero attached hydrogens (tertiary/aromatic N) is 1. The zero-order valence-corrected chi connectivity index (χ0v) is 18.5. The van der Waals surface area contributed by atoms with Crippen molar-refractivity contribution in [3.8, 4) is 11.5 Å². The van der Waals surface area contributed by atoms with Crippen molar-refractivity contribution in [1.82, 2.24) is 0 Å². The van der Waals surface area contributed by atoms with Crippen LogP contribution in [0.2, 0.25) is 0 Å². The number of carboxylic acid groups (broad SMARTS) is 1. The van der Waals surface area contributed by atoms with Gasteiger partial charge in [0.25, 0.3) is 5.91 Å². The maximum Gasteiger partial charge on any atom is 0.387 e. The van der Waals surface area contributed by atoms with Crippen molar-refractivity contribution in [3.63, 3.8) is 0 Å². The first-order valence-electron chi connectivity index (χ1n) is 10.8. The van der Waals surface area contributed by atoms with Gasteiger partial charge in [0.2, 0.25) is 0 Å². The summed E-state index contributed by atoms with van der Waals surface area (Å²) in [5.74, 6) is -3.42. The fourth-order valence-corrected chi connectivity index (χ4v) is 4.40. The fourth-order valence-electron chi connectivity index (χ4n) is 4.40. The number of halogens is 3. The van der Waals surface area contributed by atoms with Gasteiger partial charge in [0, 0.05) is 16.3 Å². The predicted octanol–water partition coefficient (Wildman–Crippen LogP) is 5.72. The number of carbonyl (C=O) groups is 2. The lowest BCUT2D eigenvalue weighted by atomic mass is 9.96. The molecule has 0 bridgehead atoms. The second-order valence-electron chi connectivity index (χ2n) is 7.77. The third-order valence-electron chi connectivity index (χ3n) is 5.86. The third kappa shape index (κ3) is 3.91. The number of hydrogen-bond acceptors (Lipinski definition) is 4. The highest BCUT2D eigenvalue weighted by atomic mass is 19.3. The molecular formula is C25H22F3NO5. The van der Waals surface area contributed by atoms with Crippen LogP contribution in [0.1, 0.15) is 47.7 Å². The van der Waals surface area contributed by atoms with Crippen molar-refractivity contribution in [3.05, 3.63) is 65.0 Å². The molecule has 9 heteroatoms. The van der Waals surface area contributed by atoms with Gasteiger partial charge in [-0.15, -0.1) is 0 Å². The van der Waals surface area contributed by atoms with Crippen LogP contribution >= 0.6 is 0 Å². The van der Waals surface area contributed by atoms with Crippen LogP contribution in [-0.4, -0.2) is 30.2 Å². The molecule has 0 fully saturated rings. The summed E-state index contributed by atoms with van der Waals surface area (Å²) in [6.07, 6.45) is 0.265. The first kappa shape index (κ1) is 23.4. The van der Waals surface area contributed by atoms with Crippen molar-refractivity contribution in [2.24, 2.45) is 0 Å². The zero-order chi connectivity index (χ0) is 24.6. The van der Waals surface area contributed by atoms with Gasteiger partial charge in [-0.3, -0.25) is 9.59 Å². The van der Waals surface area contributed by atoms with Gasteiger partial charge < -0.3 is 19.5 Å². The summed E-state index contributed by atoms with van der Waals surface area (Å²) in [5.41, 5.74) is 0.382. The molecule has 1 atom stereocenters. The molecular weight excluding hydrogens is 451 g/mol. The first-order chi connectivity index (χ1) is 16.3. The monoisotopic (exact) mass is 473 g/mol. The van der Waals surface area contributed by atoms with Crippen LogP contribution in [0.4, 0.5) is 18.9 Å². The number of rotatable bonds is 8. The number of alkyl halides is 2. The molecule has 1 aliphatic rings. The van der Waals surface area contributed by atoms with E-state index in [0.717, 1.165) is 11.0 Å². The normalized spacial score (nSPS) is 13.9. The smallest absolute Gasteiger partial charge is 0.387 e. The van der Waals surface area contributed by atoms with Crippen LogP contribution in [0.15, 0.2) is 42.5 Å². The molecule has 0 spiro atoms. The first-order valence-corrected chi connectivity index (χ1v) is 10.8. The standard InChI is InChI=1S/C25H22F3NO5/c1-3-14(24(31)32)13-9-10-19(18(26)11-13)29-12-17-20(23(29)30)22(34-25(27)28)16-8-6-5-7-15(16)21(17)33-4-2/h5-11,14,25H,3-4,12H2,1-2H3,(H,31,32). The molecule has 178 valence electrons. The average Bonchev–Trinajstić information content (AvgIpc) is 3.13. The van der Waals surface area contributed by atoms with Gasteiger partial charge in [-0.25, -0.2) is 4.39 Å². The zero-order valence-electron chi connectivity index (χ0n) is 18.5. The second-order valence-corrected chi connectivity index (χ2v) is 7.77. The van der Waals surface area contributed by atoms with E-state index in [9.17, 15) is 23.5 Å². The highest BCUT2D eigenvalue weighted by Gasteiger charge is 2.38. The number of hydrogen-bond donors (Lipinski definition) is 1. The number of fused-ring (bicyclic) bond motifs is 2. The third-order valence-corrected chi connectivity index (χ3v) is 5.86. The van der Waals surface area contributed by atoms with E-state index in [1.807, 2.05) is 0 Å². The molecule has 0 aliphatic carbocycles. The van der Waals surface area contributed by atoms with E-state index in [-0.39, 0.29) is 47.5 Å². The van der Waals surface area contributed by atoms with E-state index in [4.69, 9.17) is 9.47 Å². The summed E-state index contributed by atoms with van der Waals surface area (Å²) in [7, 11) is 0. The molecule has 34 heavy (non-hydrogen) atoms. The molecule has 4 rings (SSSR count). The van der Waals surface area contributed by atoms with Crippen LogP contribution in [0.5, 0.6) is 11.5 Å². The molecule has 3 aromatic rings. The Morgan fingerprint density at radius 3 is 2.35 bits per heavy atom. The lowest BCUT2D eigenvalue weighted by Gasteiger charge is -2.19. The Bertz CT molecular complexity index is 1280. The van der Waals surface area contributed by atoms with Crippen molar-refractivity contribution < 1.29 is 37.3 Å². The molecule has 0 aromatic heterocycles. The molecule has 0 saturated heterocycles. The molecule has 0 saturated carbocycles. The minimum absolute atomic E-state index is 0.0975. The largest absolute Gasteiger partial charge is 0.493 e. The number of anilines is 1. The molecule has 6 nitrogen and oxygen atoms in total. The van der Waals surface area contributed by atoms with Crippen LogP contribution in [0, 0.1) is 5.82 Å². The van der Waals surface area contributed by atoms with Crippen LogP contribution in [-0.2, 0) is 11.3 Å². The van der Waals surface area contributed by atoms with Gasteiger partial charge in [0.15, 0.2) is 0 Å². The predicted molar refractivity (Wildman–Crippen MR) is 119 cm³/mol. The lowest BCUT2D eigenvalue weighted by Crippen LogP contribution is -2.25. The summed E-state index contributed by atoms with van der Waals surface area (Å²) >= 11 is 0. The Hall–Kier alpha value is -3.75. The summed E-state index contributed by atoms with van der Waals surface area (Å²) < 4.78 is 52.3. The van der Waals surface area contributed by atoms with Crippen LogP contribution in [0.25, 0.3) is 10.8 Å². The Balaban J connectivity index is 1.86. The van der Waals surface area contributed by atoms with E-state index < -0.39 is 30.2 Å². The molecule has 1 aliphatic heterocycles. The van der Waals surface area contributed by atoms with E-state index in [0.29, 0.717) is 16.7 Å². The van der Waals surface area contributed by atoms with Crippen molar-refractivity contribution in [1.29, 1.82) is 0 Å². The summed E-state index contributed by atoms with van der Waals surface area (Å²) in [4.78, 5) is 26.0. The maximum absolute atomic E-state index is 15.1. The molecule has 0 radical (unpaired) electrons. The van der Waals surface area contributed by atoms with Gasteiger partial charge in [-0.05, 0) is 31.0 Å². The van der Waals surface area contributed by atoms with Gasteiger partial charge in [0.05, 0.1) is 30.3 Å². The minimum atomic E-state index is -3.18. The summed E-state index contributed by atoms with van der Waals surface area (Å²) in [6, 6.07) is 10.4. The topological polar surface area (TPSA) is 76.1 Å². The lowest BCUT2D eigenvalue weighted by molar-refractivity contribution is -0.138. The Kier molecular flexibility index (Phi) is 6.37. The molecule has 1 amide bonds. The van der Waals surface area contributed by atoms with Gasteiger partial charge in [0.1, 0.15) is 17.3 Å². The van der Waals surface area contributed by atoms with Gasteiger partial charge in [-0.2, -0.15) is 8.78 Å². The van der Waals surface area contributed by atoms with Crippen LogP contribution in [0.3, 0.4) is 0 Å². The molecule has 1 unspecified atom stereocenters. The SMILES string of the molecule is CCOc1c2c(c(OC(F)F)c3ccccc13)C(=O)N(c1ccc(C(CC)C(=O)O)cc1F)C2. The maximum atomic E-state index is 15.1. The average molecular weight is 473 g/mol. The van der Waals surface area contributed by atoms with E-state index in [2.05, 4.69) is 0 Å². The number of aliphatic carboxylic acids is 1. The number of carbonyl (C=O) groups excluding carboxylic acids is 1. The number of benzene rings is 3. The number of ether oxygens (including phenoxy) is 2. The van der Waals surface area contributed by atoms with Crippen LogP contribution < -0.4 is 14.4 Å². The molecule has 1 heterocycles. The van der Waals surface area contributed by atoms with Crippen molar-refractivity contribution >= 4 is 28.3 Å². The van der Waals surface area contributed by atoms with Gasteiger partial charge in [-0.1, -0.05) is 37.3 Å². The Labute approximate surface area is 193 Å². The van der Waals surface area contributed by atoms with E-state index >= 15 is 4.39 Å². The van der Waals surface area contributed by atoms with E-state index in [1.54, 1.807) is 38.1 Å². The highest BCUT2D eigenvalue weighted by Crippen LogP contribution is 2.47. The quantitative estimate of drug-likeness (QED) is 0.453. The van der Waals surface area contributed by atoms with Crippen molar-refractivity contribution in [2.45, 2.75) is 39.3 Å². The Morgan fingerprint density at radius 2 is 1.79 bits per heavy atom. The summed E-state index contributed by atoms with van der Waals surface area (Å²) in [6.45, 7) is 0.390. The second kappa shape index (κ2) is 9.24. The van der Waals surface area contributed by atoms with E-state index in [1.165, 1.54) is 12.1 Å². The fraction of sp³-hybridized carbons (Fsp3) is 0.280. The highest BCUT2D eigenvalue weighted by molar-refractivity contribution is 6.17. The van der Waals surface area contributed by atoms with Crippen molar-refractivity contribution in [2.75, 3.05) is 11.5 Å². The Morgan fingerprint density at radius 1 is 1.12 bits per heavy atom. The minimum Gasteiger partial charge on any atom is -0.493 e. The van der Waals surface area contributed by atoms with Gasteiger partial charge >= 0.3 is 12.6 Å². The summed E-state index contributed by atoms with van der Waals surface area (Å²) in [5, 5.41) is 10.1. The molecule has 1 N–H and O–H groups in total. The molecule has 3 aromatic carbocycles. The number of carboxylic acids is 1. The number of amides is 1.